The summed E-state index contributed by atoms with van der Waals surface area (Å²) in [7, 11) is 0. The summed E-state index contributed by atoms with van der Waals surface area (Å²) < 4.78 is 6.32. The van der Waals surface area contributed by atoms with Gasteiger partial charge in [0.25, 0.3) is 5.91 Å². The van der Waals surface area contributed by atoms with Crippen LogP contribution in [0, 0.1) is 6.92 Å². The summed E-state index contributed by atoms with van der Waals surface area (Å²) in [5, 5.41) is 2.96. The van der Waals surface area contributed by atoms with Crippen LogP contribution in [-0.4, -0.2) is 12.5 Å². The van der Waals surface area contributed by atoms with Gasteiger partial charge in [0.2, 0.25) is 0 Å². The fourth-order valence-corrected chi connectivity index (χ4v) is 2.37. The van der Waals surface area contributed by atoms with Crippen LogP contribution in [0.4, 0.5) is 5.69 Å². The van der Waals surface area contributed by atoms with Crippen molar-refractivity contribution in [2.75, 3.05) is 11.9 Å². The van der Waals surface area contributed by atoms with E-state index in [0.29, 0.717) is 18.8 Å². The smallest absolute Gasteiger partial charge is 0.255 e. The van der Waals surface area contributed by atoms with Crippen LogP contribution in [0.25, 0.3) is 0 Å². The van der Waals surface area contributed by atoms with Gasteiger partial charge in [0, 0.05) is 27.9 Å². The Balaban J connectivity index is 2.21. The van der Waals surface area contributed by atoms with Crippen LogP contribution in [0.2, 0.25) is 0 Å². The Bertz CT molecular complexity index is 640. The second-order valence-corrected chi connectivity index (χ2v) is 5.62. The minimum Gasteiger partial charge on any atom is -0.377 e. The molecule has 0 saturated heterocycles. The van der Waals surface area contributed by atoms with Crippen LogP contribution >= 0.6 is 15.9 Å². The van der Waals surface area contributed by atoms with Crippen molar-refractivity contribution in [3.05, 3.63) is 63.6 Å². The number of rotatable bonds is 5. The first-order valence-electron chi connectivity index (χ1n) is 6.85. The summed E-state index contributed by atoms with van der Waals surface area (Å²) in [6, 6.07) is 13.4. The molecule has 2 rings (SSSR count). The number of nitrogens with one attached hydrogen (secondary N) is 1. The molecule has 0 atom stereocenters. The van der Waals surface area contributed by atoms with Crippen LogP contribution in [0.3, 0.4) is 0 Å². The quantitative estimate of drug-likeness (QED) is 0.861. The third kappa shape index (κ3) is 4.16. The number of ether oxygens (including phenoxy) is 1. The highest BCUT2D eigenvalue weighted by atomic mass is 79.9. The molecule has 110 valence electrons. The molecular formula is C17H18BrNO2. The van der Waals surface area contributed by atoms with Crippen molar-refractivity contribution in [1.29, 1.82) is 0 Å². The van der Waals surface area contributed by atoms with Crippen LogP contribution in [-0.2, 0) is 11.3 Å². The number of carbonyl (C=O) groups excluding carboxylic acids is 1. The highest BCUT2D eigenvalue weighted by molar-refractivity contribution is 9.10. The molecule has 0 heterocycles. The summed E-state index contributed by atoms with van der Waals surface area (Å²) in [6.45, 7) is 5.01. The number of hydrogen-bond acceptors (Lipinski definition) is 2. The zero-order valence-electron chi connectivity index (χ0n) is 12.2. The van der Waals surface area contributed by atoms with Crippen molar-refractivity contribution in [2.45, 2.75) is 20.5 Å². The lowest BCUT2D eigenvalue weighted by Crippen LogP contribution is -2.15. The first-order valence-corrected chi connectivity index (χ1v) is 7.64. The predicted octanol–water partition coefficient (Wildman–Crippen LogP) is 4.55. The molecule has 2 aromatic rings. The molecule has 4 heteroatoms. The molecule has 21 heavy (non-hydrogen) atoms. The Morgan fingerprint density at radius 1 is 1.24 bits per heavy atom. The summed E-state index contributed by atoms with van der Waals surface area (Å²) in [6.07, 6.45) is 0. The largest absolute Gasteiger partial charge is 0.377 e. The highest BCUT2D eigenvalue weighted by Crippen LogP contribution is 2.20. The molecule has 1 amide bonds. The van der Waals surface area contributed by atoms with Gasteiger partial charge in [-0.2, -0.15) is 0 Å². The number of anilines is 1. The van der Waals surface area contributed by atoms with Crippen LogP contribution in [0.5, 0.6) is 0 Å². The third-order valence-electron chi connectivity index (χ3n) is 3.17. The van der Waals surface area contributed by atoms with E-state index in [1.165, 1.54) is 0 Å². The standard InChI is InChI=1S/C17H18BrNO2/c1-3-21-11-13-6-4-5-7-16(13)19-17(20)15-10-14(18)9-8-12(15)2/h4-10H,3,11H2,1-2H3,(H,19,20). The Morgan fingerprint density at radius 2 is 2.00 bits per heavy atom. The Morgan fingerprint density at radius 3 is 2.76 bits per heavy atom. The van der Waals surface area contributed by atoms with Gasteiger partial charge < -0.3 is 10.1 Å². The molecular weight excluding hydrogens is 330 g/mol. The highest BCUT2D eigenvalue weighted by Gasteiger charge is 2.11. The van der Waals surface area contributed by atoms with Crippen molar-refractivity contribution < 1.29 is 9.53 Å². The summed E-state index contributed by atoms with van der Waals surface area (Å²) in [5.41, 5.74) is 3.37. The van der Waals surface area contributed by atoms with E-state index in [1.807, 2.05) is 56.3 Å². The van der Waals surface area contributed by atoms with Crippen molar-refractivity contribution in [3.8, 4) is 0 Å². The lowest BCUT2D eigenvalue weighted by molar-refractivity contribution is 0.102. The van der Waals surface area contributed by atoms with Gasteiger partial charge in [-0.15, -0.1) is 0 Å². The van der Waals surface area contributed by atoms with E-state index >= 15 is 0 Å². The lowest BCUT2D eigenvalue weighted by Gasteiger charge is -2.12. The molecule has 0 fully saturated rings. The van der Waals surface area contributed by atoms with Gasteiger partial charge in [0.1, 0.15) is 0 Å². The van der Waals surface area contributed by atoms with Gasteiger partial charge in [0.05, 0.1) is 6.61 Å². The third-order valence-corrected chi connectivity index (χ3v) is 3.66. The molecule has 0 saturated carbocycles. The number of halogens is 1. The van der Waals surface area contributed by atoms with Gasteiger partial charge >= 0.3 is 0 Å². The summed E-state index contributed by atoms with van der Waals surface area (Å²) in [5.74, 6) is -0.113. The van der Waals surface area contributed by atoms with E-state index in [1.54, 1.807) is 0 Å². The van der Waals surface area contributed by atoms with Crippen molar-refractivity contribution in [3.63, 3.8) is 0 Å². The van der Waals surface area contributed by atoms with Crippen LogP contribution < -0.4 is 5.32 Å². The van der Waals surface area contributed by atoms with E-state index in [4.69, 9.17) is 4.74 Å². The maximum Gasteiger partial charge on any atom is 0.255 e. The van der Waals surface area contributed by atoms with Gasteiger partial charge in [0.15, 0.2) is 0 Å². The summed E-state index contributed by atoms with van der Waals surface area (Å²) in [4.78, 5) is 12.4. The second kappa shape index (κ2) is 7.38. The average Bonchev–Trinajstić information content (AvgIpc) is 2.48. The molecule has 2 aromatic carbocycles. The number of carbonyl (C=O) groups is 1. The molecule has 0 bridgehead atoms. The van der Waals surface area contributed by atoms with E-state index in [0.717, 1.165) is 21.3 Å². The maximum absolute atomic E-state index is 12.4. The first-order chi connectivity index (χ1) is 10.1. The van der Waals surface area contributed by atoms with E-state index < -0.39 is 0 Å². The van der Waals surface area contributed by atoms with Crippen molar-refractivity contribution in [1.82, 2.24) is 0 Å². The number of benzene rings is 2. The predicted molar refractivity (Wildman–Crippen MR) is 88.6 cm³/mol. The molecule has 3 nitrogen and oxygen atoms in total. The Labute approximate surface area is 133 Å². The van der Waals surface area contributed by atoms with Gasteiger partial charge in [-0.1, -0.05) is 40.2 Å². The van der Waals surface area contributed by atoms with E-state index in [9.17, 15) is 4.79 Å². The molecule has 0 unspecified atom stereocenters. The molecule has 0 aliphatic rings. The minimum absolute atomic E-state index is 0.113. The monoisotopic (exact) mass is 347 g/mol. The number of para-hydroxylation sites is 1. The van der Waals surface area contributed by atoms with Gasteiger partial charge in [-0.3, -0.25) is 4.79 Å². The molecule has 0 aliphatic carbocycles. The first kappa shape index (κ1) is 15.7. The van der Waals surface area contributed by atoms with Crippen molar-refractivity contribution >= 4 is 27.5 Å². The second-order valence-electron chi connectivity index (χ2n) is 4.71. The van der Waals surface area contributed by atoms with Crippen LogP contribution in [0.1, 0.15) is 28.4 Å². The molecule has 0 radical (unpaired) electrons. The topological polar surface area (TPSA) is 38.3 Å². The zero-order valence-corrected chi connectivity index (χ0v) is 13.7. The van der Waals surface area contributed by atoms with Gasteiger partial charge in [-0.05, 0) is 37.6 Å². The minimum atomic E-state index is -0.113. The Kier molecular flexibility index (Phi) is 5.53. The SMILES string of the molecule is CCOCc1ccccc1NC(=O)c1cc(Br)ccc1C. The zero-order chi connectivity index (χ0) is 15.2. The normalized spacial score (nSPS) is 10.4. The van der Waals surface area contributed by atoms with Crippen molar-refractivity contribution in [2.24, 2.45) is 0 Å². The maximum atomic E-state index is 12.4. The molecule has 0 aliphatic heterocycles. The number of amides is 1. The van der Waals surface area contributed by atoms with Crippen LogP contribution in [0.15, 0.2) is 46.9 Å². The fourth-order valence-electron chi connectivity index (χ4n) is 2.01. The fraction of sp³-hybridized carbons (Fsp3) is 0.235. The molecule has 0 aromatic heterocycles. The number of aryl methyl sites for hydroxylation is 1. The average molecular weight is 348 g/mol. The van der Waals surface area contributed by atoms with Gasteiger partial charge in [-0.25, -0.2) is 0 Å². The molecule has 0 spiro atoms. The lowest BCUT2D eigenvalue weighted by atomic mass is 10.1. The Hall–Kier alpha value is -1.65. The molecule has 1 N–H and O–H groups in total. The summed E-state index contributed by atoms with van der Waals surface area (Å²) >= 11 is 3.40. The number of hydrogen-bond donors (Lipinski definition) is 1. The van der Waals surface area contributed by atoms with E-state index in [-0.39, 0.29) is 5.91 Å². The van der Waals surface area contributed by atoms with E-state index in [2.05, 4.69) is 21.2 Å².